The molecule has 0 radical (unpaired) electrons. The second kappa shape index (κ2) is 8.86. The van der Waals surface area contributed by atoms with E-state index in [1.54, 1.807) is 23.2 Å². The molecule has 0 atom stereocenters. The van der Waals surface area contributed by atoms with Gasteiger partial charge in [-0.1, -0.05) is 6.58 Å². The average molecular weight is 523 g/mol. The number of aromatic nitrogens is 2. The fourth-order valence-corrected chi connectivity index (χ4v) is 5.39. The fraction of sp³-hybridized carbons (Fsp3) is 0.192. The minimum absolute atomic E-state index is 0.0766. The van der Waals surface area contributed by atoms with Crippen molar-refractivity contribution in [2.75, 3.05) is 36.0 Å². The molecule has 2 aliphatic rings. The zero-order valence-corrected chi connectivity index (χ0v) is 20.3. The van der Waals surface area contributed by atoms with Crippen LogP contribution in [0.5, 0.6) is 0 Å². The molecular weight excluding hydrogens is 501 g/mol. The van der Waals surface area contributed by atoms with Crippen LogP contribution in [0.3, 0.4) is 0 Å². The van der Waals surface area contributed by atoms with Crippen LogP contribution in [0.4, 0.5) is 35.0 Å². The number of nitrogens with zero attached hydrogens (tertiary/aromatic N) is 4. The van der Waals surface area contributed by atoms with E-state index in [0.29, 0.717) is 59.9 Å². The van der Waals surface area contributed by atoms with Crippen molar-refractivity contribution >= 4 is 51.2 Å². The van der Waals surface area contributed by atoms with Crippen LogP contribution in [-0.2, 0) is 6.18 Å². The molecule has 0 bridgehead atoms. The van der Waals surface area contributed by atoms with Crippen LogP contribution in [0.15, 0.2) is 59.9 Å². The molecule has 1 fully saturated rings. The molecule has 2 aliphatic heterocycles. The standard InChI is InChI=1S/C26H21F3N6OS/c1-15-18-13-31-21-4-3-20(16-6-11-37-14-16)33-23(21)24(18)35(25(36)32-15)17-2-5-22(19(12-17)26(27,28)29)34-9-7-30-8-10-34/h2-6,11-14,30H,1,7-10H2,(H,32,36). The highest BCUT2D eigenvalue weighted by atomic mass is 32.1. The van der Waals surface area contributed by atoms with E-state index < -0.39 is 17.8 Å². The lowest BCUT2D eigenvalue weighted by Crippen LogP contribution is -2.44. The van der Waals surface area contributed by atoms with Crippen LogP contribution in [0, 0.1) is 0 Å². The number of fused-ring (bicyclic) bond motifs is 3. The van der Waals surface area contributed by atoms with Crippen LogP contribution in [0.25, 0.3) is 28.0 Å². The second-order valence-electron chi connectivity index (χ2n) is 8.78. The summed E-state index contributed by atoms with van der Waals surface area (Å²) in [6.45, 7) is 6.04. The summed E-state index contributed by atoms with van der Waals surface area (Å²) in [4.78, 5) is 25.5. The van der Waals surface area contributed by atoms with Gasteiger partial charge < -0.3 is 15.5 Å². The maximum Gasteiger partial charge on any atom is 0.418 e. The van der Waals surface area contributed by atoms with Crippen molar-refractivity contribution < 1.29 is 18.0 Å². The molecule has 0 saturated carbocycles. The molecular formula is C26H21F3N6OS. The third-order valence-electron chi connectivity index (χ3n) is 6.51. The summed E-state index contributed by atoms with van der Waals surface area (Å²) >= 11 is 1.52. The number of halogens is 3. The minimum Gasteiger partial charge on any atom is -0.368 e. The largest absolute Gasteiger partial charge is 0.418 e. The Morgan fingerprint density at radius 1 is 1.08 bits per heavy atom. The number of carbonyl (C=O) groups is 1. The molecule has 0 spiro atoms. The number of piperazine rings is 1. The highest BCUT2D eigenvalue weighted by Crippen LogP contribution is 2.44. The summed E-state index contributed by atoms with van der Waals surface area (Å²) in [5.41, 5.74) is 3.00. The van der Waals surface area contributed by atoms with E-state index >= 15 is 0 Å². The first-order valence-corrected chi connectivity index (χ1v) is 12.5. The van der Waals surface area contributed by atoms with Gasteiger partial charge in [0.1, 0.15) is 5.52 Å². The number of hydrogen-bond donors (Lipinski definition) is 2. The Labute approximate surface area is 214 Å². The van der Waals surface area contributed by atoms with E-state index in [2.05, 4.69) is 22.2 Å². The second-order valence-corrected chi connectivity index (χ2v) is 9.56. The van der Waals surface area contributed by atoms with E-state index in [1.807, 2.05) is 22.9 Å². The fourth-order valence-electron chi connectivity index (χ4n) is 4.74. The molecule has 11 heteroatoms. The lowest BCUT2D eigenvalue weighted by Gasteiger charge is -2.34. The Bertz CT molecular complexity index is 1530. The molecule has 0 aliphatic carbocycles. The zero-order chi connectivity index (χ0) is 25.7. The first-order chi connectivity index (χ1) is 17.8. The topological polar surface area (TPSA) is 73.4 Å². The number of carbonyl (C=O) groups excluding carboxylic acids is 1. The normalized spacial score (nSPS) is 16.2. The van der Waals surface area contributed by atoms with Crippen LogP contribution in [0.2, 0.25) is 0 Å². The van der Waals surface area contributed by atoms with Gasteiger partial charge in [-0.25, -0.2) is 9.78 Å². The molecule has 3 aromatic heterocycles. The van der Waals surface area contributed by atoms with Gasteiger partial charge >= 0.3 is 12.2 Å². The van der Waals surface area contributed by atoms with Gasteiger partial charge in [-0.3, -0.25) is 9.88 Å². The van der Waals surface area contributed by atoms with Gasteiger partial charge in [0.05, 0.1) is 28.1 Å². The van der Waals surface area contributed by atoms with Gasteiger partial charge in [0.25, 0.3) is 0 Å². The quantitative estimate of drug-likeness (QED) is 0.366. The van der Waals surface area contributed by atoms with Gasteiger partial charge in [-0.15, -0.1) is 0 Å². The molecule has 4 aromatic rings. The van der Waals surface area contributed by atoms with E-state index in [0.717, 1.165) is 11.6 Å². The maximum absolute atomic E-state index is 14.3. The number of thiophene rings is 1. The third-order valence-corrected chi connectivity index (χ3v) is 7.20. The SMILES string of the molecule is C=C1NC(=O)N(c2ccc(N3CCNCC3)c(C(F)(F)F)c2)c2c1cnc1ccc(-c3ccsc3)nc21. The summed E-state index contributed by atoms with van der Waals surface area (Å²) in [6.07, 6.45) is -3.06. The lowest BCUT2D eigenvalue weighted by molar-refractivity contribution is -0.137. The Morgan fingerprint density at radius 2 is 1.89 bits per heavy atom. The number of pyridine rings is 2. The highest BCUT2D eigenvalue weighted by molar-refractivity contribution is 7.08. The number of nitrogens with one attached hydrogen (secondary N) is 2. The van der Waals surface area contributed by atoms with Crippen LogP contribution in [0.1, 0.15) is 11.1 Å². The summed E-state index contributed by atoms with van der Waals surface area (Å²) in [7, 11) is 0. The summed E-state index contributed by atoms with van der Waals surface area (Å²) in [5, 5.41) is 9.69. The first kappa shape index (κ1) is 23.4. The van der Waals surface area contributed by atoms with Crippen molar-refractivity contribution in [2.45, 2.75) is 6.18 Å². The molecule has 7 nitrogen and oxygen atoms in total. The monoisotopic (exact) mass is 522 g/mol. The van der Waals surface area contributed by atoms with Crippen molar-refractivity contribution in [3.63, 3.8) is 0 Å². The van der Waals surface area contributed by atoms with Crippen LogP contribution < -0.4 is 20.4 Å². The Hall–Kier alpha value is -3.96. The summed E-state index contributed by atoms with van der Waals surface area (Å²) < 4.78 is 42.8. The minimum atomic E-state index is -4.61. The van der Waals surface area contributed by atoms with E-state index in [9.17, 15) is 18.0 Å². The molecule has 1 aromatic carbocycles. The van der Waals surface area contributed by atoms with Gasteiger partial charge in [0, 0.05) is 60.3 Å². The lowest BCUT2D eigenvalue weighted by atomic mass is 10.0. The van der Waals surface area contributed by atoms with Crippen molar-refractivity contribution in [1.29, 1.82) is 0 Å². The number of alkyl halides is 3. The molecule has 2 N–H and O–H groups in total. The van der Waals surface area contributed by atoms with Crippen LogP contribution in [-0.4, -0.2) is 42.2 Å². The Morgan fingerprint density at radius 3 is 2.62 bits per heavy atom. The Balaban J connectivity index is 1.55. The summed E-state index contributed by atoms with van der Waals surface area (Å²) in [5.74, 6) is 0. The molecule has 37 heavy (non-hydrogen) atoms. The Kier molecular flexibility index (Phi) is 5.61. The number of rotatable bonds is 3. The smallest absolute Gasteiger partial charge is 0.368 e. The molecule has 188 valence electrons. The van der Waals surface area contributed by atoms with Crippen molar-refractivity contribution in [1.82, 2.24) is 20.6 Å². The predicted octanol–water partition coefficient (Wildman–Crippen LogP) is 5.62. The van der Waals surface area contributed by atoms with Gasteiger partial charge in [0.15, 0.2) is 0 Å². The highest BCUT2D eigenvalue weighted by Gasteiger charge is 2.38. The molecule has 6 rings (SSSR count). The van der Waals surface area contributed by atoms with E-state index in [4.69, 9.17) is 4.98 Å². The predicted molar refractivity (Wildman–Crippen MR) is 139 cm³/mol. The van der Waals surface area contributed by atoms with Crippen molar-refractivity contribution in [2.24, 2.45) is 0 Å². The van der Waals surface area contributed by atoms with E-state index in [-0.39, 0.29) is 11.4 Å². The van der Waals surface area contributed by atoms with Gasteiger partial charge in [-0.2, -0.15) is 24.5 Å². The number of anilines is 3. The van der Waals surface area contributed by atoms with E-state index in [1.165, 1.54) is 22.3 Å². The maximum atomic E-state index is 14.3. The van der Waals surface area contributed by atoms with Gasteiger partial charge in [0.2, 0.25) is 0 Å². The first-order valence-electron chi connectivity index (χ1n) is 11.6. The zero-order valence-electron chi connectivity index (χ0n) is 19.5. The summed E-state index contributed by atoms with van der Waals surface area (Å²) in [6, 6.07) is 8.94. The number of amides is 2. The molecule has 5 heterocycles. The number of benzene rings is 1. The number of urea groups is 1. The van der Waals surface area contributed by atoms with Crippen molar-refractivity contribution in [3.05, 3.63) is 71.1 Å². The average Bonchev–Trinajstić information content (AvgIpc) is 3.43. The van der Waals surface area contributed by atoms with Crippen LogP contribution >= 0.6 is 11.3 Å². The molecule has 1 saturated heterocycles. The van der Waals surface area contributed by atoms with Crippen molar-refractivity contribution in [3.8, 4) is 11.3 Å². The molecule has 2 amide bonds. The number of hydrogen-bond acceptors (Lipinski definition) is 6. The van der Waals surface area contributed by atoms with Gasteiger partial charge in [-0.05, 0) is 41.8 Å². The molecule has 0 unspecified atom stereocenters. The third kappa shape index (κ3) is 4.09.